The molecule has 162 valence electrons. The Hall–Kier alpha value is -3.39. The predicted octanol–water partition coefficient (Wildman–Crippen LogP) is 3.70. The first-order valence-electron chi connectivity index (χ1n) is 10.7. The molecule has 3 aromatic heterocycles. The van der Waals surface area contributed by atoms with Crippen LogP contribution < -0.4 is 5.56 Å². The summed E-state index contributed by atoms with van der Waals surface area (Å²) in [6, 6.07) is 11.4. The molecular formula is C24H23N5O2S. The third-order valence-corrected chi connectivity index (χ3v) is 6.68. The Morgan fingerprint density at radius 2 is 1.94 bits per heavy atom. The van der Waals surface area contributed by atoms with Crippen LogP contribution >= 0.6 is 11.3 Å². The number of H-pyrrole nitrogens is 1. The van der Waals surface area contributed by atoms with Crippen molar-refractivity contribution in [2.45, 2.75) is 32.1 Å². The molecule has 0 radical (unpaired) electrons. The van der Waals surface area contributed by atoms with Crippen LogP contribution in [-0.4, -0.2) is 44.1 Å². The standard InChI is InChI=1S/C24H23N5O2S/c1-15-12-20(17-8-11-32-14-17)26-23(25-15)16-6-9-29(10-7-16)22(30)13-21-18-4-2-3-5-19(18)24(31)28-27-21/h2-5,8,11-12,14,16H,6-7,9-10,13H2,1H3,(H,28,31). The fourth-order valence-electron chi connectivity index (χ4n) is 4.28. The zero-order chi connectivity index (χ0) is 22.1. The van der Waals surface area contributed by atoms with Crippen LogP contribution in [-0.2, 0) is 11.2 Å². The summed E-state index contributed by atoms with van der Waals surface area (Å²) in [4.78, 5) is 36.4. The number of carbonyl (C=O) groups is 1. The van der Waals surface area contributed by atoms with Crippen molar-refractivity contribution in [2.24, 2.45) is 0 Å². The Balaban J connectivity index is 1.28. The van der Waals surface area contributed by atoms with Crippen molar-refractivity contribution < 1.29 is 4.79 Å². The average Bonchev–Trinajstić information content (AvgIpc) is 3.36. The van der Waals surface area contributed by atoms with Crippen molar-refractivity contribution in [3.63, 3.8) is 0 Å². The van der Waals surface area contributed by atoms with Gasteiger partial charge in [0.05, 0.1) is 23.2 Å². The number of likely N-dealkylation sites (tertiary alicyclic amines) is 1. The lowest BCUT2D eigenvalue weighted by Crippen LogP contribution is -2.39. The zero-order valence-corrected chi connectivity index (χ0v) is 18.6. The van der Waals surface area contributed by atoms with Gasteiger partial charge < -0.3 is 4.90 Å². The molecular weight excluding hydrogens is 422 g/mol. The van der Waals surface area contributed by atoms with Crippen LogP contribution in [0.2, 0.25) is 0 Å². The molecule has 1 aromatic carbocycles. The van der Waals surface area contributed by atoms with E-state index in [0.717, 1.165) is 41.0 Å². The number of nitrogens with zero attached hydrogens (tertiary/aromatic N) is 4. The second-order valence-corrected chi connectivity index (χ2v) is 8.92. The number of aromatic amines is 1. The summed E-state index contributed by atoms with van der Waals surface area (Å²) < 4.78 is 0. The fraction of sp³-hybridized carbons (Fsp3) is 0.292. The molecule has 1 saturated heterocycles. The third kappa shape index (κ3) is 4.05. The van der Waals surface area contributed by atoms with E-state index in [1.807, 2.05) is 36.1 Å². The first kappa shape index (κ1) is 20.5. The van der Waals surface area contributed by atoms with E-state index in [-0.39, 0.29) is 23.8 Å². The van der Waals surface area contributed by atoms with E-state index in [0.29, 0.717) is 24.2 Å². The lowest BCUT2D eigenvalue weighted by molar-refractivity contribution is -0.131. The summed E-state index contributed by atoms with van der Waals surface area (Å²) in [7, 11) is 0. The van der Waals surface area contributed by atoms with Gasteiger partial charge in [0.25, 0.3) is 5.56 Å². The van der Waals surface area contributed by atoms with Crippen LogP contribution in [0.25, 0.3) is 22.0 Å². The van der Waals surface area contributed by atoms with Gasteiger partial charge >= 0.3 is 0 Å². The molecule has 8 heteroatoms. The van der Waals surface area contributed by atoms with Gasteiger partial charge in [0, 0.05) is 41.0 Å². The van der Waals surface area contributed by atoms with Crippen molar-refractivity contribution >= 4 is 28.0 Å². The zero-order valence-electron chi connectivity index (χ0n) is 17.7. The highest BCUT2D eigenvalue weighted by molar-refractivity contribution is 7.08. The van der Waals surface area contributed by atoms with Crippen molar-refractivity contribution in [3.05, 3.63) is 74.7 Å². The maximum absolute atomic E-state index is 13.0. The number of benzene rings is 1. The molecule has 7 nitrogen and oxygen atoms in total. The molecule has 4 heterocycles. The van der Waals surface area contributed by atoms with E-state index < -0.39 is 0 Å². The van der Waals surface area contributed by atoms with Crippen molar-refractivity contribution in [1.82, 2.24) is 25.1 Å². The molecule has 0 saturated carbocycles. The SMILES string of the molecule is Cc1cc(-c2ccsc2)nc(C2CCN(C(=O)Cc3n[nH]c(=O)c4ccccc34)CC2)n1. The van der Waals surface area contributed by atoms with Gasteiger partial charge in [-0.3, -0.25) is 9.59 Å². The molecule has 1 aliphatic heterocycles. The molecule has 0 unspecified atom stereocenters. The minimum atomic E-state index is -0.238. The Kier molecular flexibility index (Phi) is 5.53. The van der Waals surface area contributed by atoms with Crippen LogP contribution in [0.1, 0.15) is 36.0 Å². The minimum absolute atomic E-state index is 0.0253. The molecule has 0 bridgehead atoms. The lowest BCUT2D eigenvalue weighted by Gasteiger charge is -2.31. The van der Waals surface area contributed by atoms with Gasteiger partial charge in [-0.1, -0.05) is 18.2 Å². The van der Waals surface area contributed by atoms with E-state index in [9.17, 15) is 9.59 Å². The van der Waals surface area contributed by atoms with E-state index in [1.165, 1.54) is 0 Å². The van der Waals surface area contributed by atoms with Gasteiger partial charge in [-0.2, -0.15) is 16.4 Å². The summed E-state index contributed by atoms with van der Waals surface area (Å²) in [6.07, 6.45) is 1.83. The van der Waals surface area contributed by atoms with Crippen LogP contribution in [0.5, 0.6) is 0 Å². The Labute approximate surface area is 189 Å². The number of aryl methyl sites for hydroxylation is 1. The van der Waals surface area contributed by atoms with E-state index in [4.69, 9.17) is 9.97 Å². The number of rotatable bonds is 4. The first-order valence-corrected chi connectivity index (χ1v) is 11.6. The van der Waals surface area contributed by atoms with Crippen LogP contribution in [0.4, 0.5) is 0 Å². The molecule has 5 rings (SSSR count). The lowest BCUT2D eigenvalue weighted by atomic mass is 9.95. The highest BCUT2D eigenvalue weighted by atomic mass is 32.1. The normalized spacial score (nSPS) is 14.7. The van der Waals surface area contributed by atoms with Gasteiger partial charge in [0.2, 0.25) is 5.91 Å². The molecule has 0 spiro atoms. The number of piperidine rings is 1. The van der Waals surface area contributed by atoms with Crippen LogP contribution in [0, 0.1) is 6.92 Å². The van der Waals surface area contributed by atoms with Gasteiger partial charge in [-0.25, -0.2) is 15.1 Å². The van der Waals surface area contributed by atoms with Crippen molar-refractivity contribution in [3.8, 4) is 11.3 Å². The number of hydrogen-bond acceptors (Lipinski definition) is 6. The van der Waals surface area contributed by atoms with Gasteiger partial charge in [0.15, 0.2) is 0 Å². The second kappa shape index (κ2) is 8.63. The van der Waals surface area contributed by atoms with E-state index in [1.54, 1.807) is 17.4 Å². The summed E-state index contributed by atoms with van der Waals surface area (Å²) in [5.74, 6) is 1.13. The topological polar surface area (TPSA) is 91.8 Å². The summed E-state index contributed by atoms with van der Waals surface area (Å²) >= 11 is 1.66. The smallest absolute Gasteiger partial charge is 0.272 e. The van der Waals surface area contributed by atoms with Crippen LogP contribution in [0.3, 0.4) is 0 Å². The fourth-order valence-corrected chi connectivity index (χ4v) is 4.93. The average molecular weight is 446 g/mol. The summed E-state index contributed by atoms with van der Waals surface area (Å²) in [5.41, 5.74) is 3.41. The molecule has 1 N–H and O–H groups in total. The molecule has 1 amide bonds. The quantitative estimate of drug-likeness (QED) is 0.517. The number of thiophene rings is 1. The number of nitrogens with one attached hydrogen (secondary N) is 1. The maximum Gasteiger partial charge on any atom is 0.272 e. The second-order valence-electron chi connectivity index (χ2n) is 8.14. The molecule has 0 atom stereocenters. The third-order valence-electron chi connectivity index (χ3n) is 5.99. The number of fused-ring (bicyclic) bond motifs is 1. The van der Waals surface area contributed by atoms with Crippen LogP contribution in [0.15, 0.2) is 52.0 Å². The molecule has 0 aliphatic carbocycles. The highest BCUT2D eigenvalue weighted by Crippen LogP contribution is 2.29. The summed E-state index contributed by atoms with van der Waals surface area (Å²) in [5, 5.41) is 12.1. The number of aromatic nitrogens is 4. The Bertz CT molecular complexity index is 1320. The minimum Gasteiger partial charge on any atom is -0.342 e. The predicted molar refractivity (Wildman–Crippen MR) is 125 cm³/mol. The highest BCUT2D eigenvalue weighted by Gasteiger charge is 2.26. The molecule has 1 aliphatic rings. The maximum atomic E-state index is 13.0. The first-order chi connectivity index (χ1) is 15.6. The molecule has 4 aromatic rings. The number of amides is 1. The largest absolute Gasteiger partial charge is 0.342 e. The monoisotopic (exact) mass is 445 g/mol. The number of carbonyl (C=O) groups excluding carboxylic acids is 1. The molecule has 1 fully saturated rings. The van der Waals surface area contributed by atoms with Gasteiger partial charge in [-0.05, 0) is 43.3 Å². The van der Waals surface area contributed by atoms with Gasteiger partial charge in [0.1, 0.15) is 5.82 Å². The van der Waals surface area contributed by atoms with Crippen molar-refractivity contribution in [2.75, 3.05) is 13.1 Å². The van der Waals surface area contributed by atoms with Gasteiger partial charge in [-0.15, -0.1) is 0 Å². The summed E-state index contributed by atoms with van der Waals surface area (Å²) in [6.45, 7) is 3.33. The van der Waals surface area contributed by atoms with Crippen molar-refractivity contribution in [1.29, 1.82) is 0 Å². The number of hydrogen-bond donors (Lipinski definition) is 1. The van der Waals surface area contributed by atoms with E-state index in [2.05, 4.69) is 27.0 Å². The molecule has 32 heavy (non-hydrogen) atoms. The Morgan fingerprint density at radius 3 is 2.69 bits per heavy atom. The Morgan fingerprint density at radius 1 is 1.16 bits per heavy atom. The van der Waals surface area contributed by atoms with E-state index >= 15 is 0 Å².